The van der Waals surface area contributed by atoms with Crippen molar-refractivity contribution >= 4 is 33.1 Å². The summed E-state index contributed by atoms with van der Waals surface area (Å²) in [6.45, 7) is 10.4. The minimum absolute atomic E-state index is 0.119. The Morgan fingerprint density at radius 3 is 2.76 bits per heavy atom. The van der Waals surface area contributed by atoms with Gasteiger partial charge in [0.05, 0.1) is 12.9 Å². The summed E-state index contributed by atoms with van der Waals surface area (Å²) in [5.41, 5.74) is 6.89. The van der Waals surface area contributed by atoms with E-state index in [4.69, 9.17) is 28.4 Å². The van der Waals surface area contributed by atoms with E-state index < -0.39 is 40.7 Å². The Hall–Kier alpha value is -2.12. The van der Waals surface area contributed by atoms with Crippen molar-refractivity contribution in [3.05, 3.63) is 24.7 Å². The Bertz CT molecular complexity index is 1260. The fraction of sp³-hybridized carbons (Fsp3) is 0.550. The number of nitrogen functional groups attached to an aromatic ring is 1. The van der Waals surface area contributed by atoms with Crippen LogP contribution in [0.5, 0.6) is 0 Å². The number of nitrogens with zero attached hydrogens (tertiary/aromatic N) is 4. The summed E-state index contributed by atoms with van der Waals surface area (Å²) >= 11 is 0. The lowest BCUT2D eigenvalue weighted by Crippen LogP contribution is -2.50. The molecule has 0 saturated carbocycles. The molecule has 2 fully saturated rings. The number of rotatable bonds is 4. The monoisotopic (exact) mass is 509 g/mol. The molecule has 2 saturated heterocycles. The second-order valence-corrected chi connectivity index (χ2v) is 16.1. The van der Waals surface area contributed by atoms with E-state index in [1.807, 2.05) is 0 Å². The minimum atomic E-state index is -4.25. The van der Waals surface area contributed by atoms with Crippen LogP contribution >= 0.6 is 7.82 Å². The summed E-state index contributed by atoms with van der Waals surface area (Å²) in [5.74, 6) is 1.08. The predicted octanol–water partition coefficient (Wildman–Crippen LogP) is 3.47. The molecule has 0 radical (unpaired) electrons. The summed E-state index contributed by atoms with van der Waals surface area (Å²) in [6.07, 6.45) is -0.177. The zero-order valence-electron chi connectivity index (χ0n) is 19.5. The van der Waals surface area contributed by atoms with Crippen LogP contribution in [-0.2, 0) is 22.8 Å². The average molecular weight is 510 g/mol. The number of phosphoric acid groups is 1. The van der Waals surface area contributed by atoms with Gasteiger partial charge < -0.3 is 24.2 Å². The first-order valence-corrected chi connectivity index (χ1v) is 15.3. The number of ether oxygens (including phenoxy) is 1. The third kappa shape index (κ3) is 3.90. The topological polar surface area (TPSA) is 157 Å². The lowest BCUT2D eigenvalue weighted by Gasteiger charge is -2.41. The van der Waals surface area contributed by atoms with Crippen molar-refractivity contribution in [2.75, 3.05) is 12.3 Å². The van der Waals surface area contributed by atoms with Gasteiger partial charge in [-0.25, -0.2) is 19.5 Å². The highest BCUT2D eigenvalue weighted by Crippen LogP contribution is 2.54. The van der Waals surface area contributed by atoms with Crippen molar-refractivity contribution in [2.45, 2.75) is 63.4 Å². The van der Waals surface area contributed by atoms with E-state index in [-0.39, 0.29) is 17.5 Å². The van der Waals surface area contributed by atoms with E-state index in [9.17, 15) is 9.46 Å². The molecule has 5 heterocycles. The van der Waals surface area contributed by atoms with Gasteiger partial charge in [0, 0.05) is 0 Å². The van der Waals surface area contributed by atoms with Crippen LogP contribution in [0.1, 0.15) is 27.0 Å². The summed E-state index contributed by atoms with van der Waals surface area (Å²) in [4.78, 5) is 23.2. The lowest BCUT2D eigenvalue weighted by molar-refractivity contribution is -0.0660. The molecule has 3 N–H and O–H groups in total. The smallest absolute Gasteiger partial charge is 0.461 e. The van der Waals surface area contributed by atoms with Crippen molar-refractivity contribution in [3.63, 3.8) is 0 Å². The van der Waals surface area contributed by atoms with Crippen molar-refractivity contribution in [3.8, 4) is 11.6 Å². The van der Waals surface area contributed by atoms with Crippen molar-refractivity contribution in [2.24, 2.45) is 0 Å². The van der Waals surface area contributed by atoms with Gasteiger partial charge in [0.2, 0.25) is 0 Å². The van der Waals surface area contributed by atoms with Crippen LogP contribution in [-0.4, -0.2) is 57.6 Å². The summed E-state index contributed by atoms with van der Waals surface area (Å²) in [6, 6.07) is 3.50. The van der Waals surface area contributed by atoms with E-state index in [1.165, 1.54) is 12.6 Å². The molecule has 0 bridgehead atoms. The van der Waals surface area contributed by atoms with E-state index in [0.29, 0.717) is 22.7 Å². The molecule has 5 atom stereocenters. The number of aromatic nitrogens is 4. The molecular weight excluding hydrogens is 481 g/mol. The van der Waals surface area contributed by atoms with Crippen LogP contribution in [0.15, 0.2) is 29.1 Å². The Labute approximate surface area is 197 Å². The molecule has 2 aliphatic heterocycles. The number of anilines is 1. The largest absolute Gasteiger partial charge is 0.472 e. The number of imidazole rings is 1. The zero-order chi connectivity index (χ0) is 24.5. The molecule has 14 heteroatoms. The highest BCUT2D eigenvalue weighted by molar-refractivity contribution is 7.47. The molecule has 0 spiro atoms. The lowest BCUT2D eigenvalue weighted by atomic mass is 10.1. The number of phosphoric ester groups is 1. The third-order valence-corrected chi connectivity index (χ3v) is 12.1. The van der Waals surface area contributed by atoms with Gasteiger partial charge in [-0.1, -0.05) is 20.8 Å². The summed E-state index contributed by atoms with van der Waals surface area (Å²) in [5, 5.41) is -0.142. The number of nitrogens with two attached hydrogens (primary N) is 1. The second-order valence-electron chi connectivity index (χ2n) is 9.96. The van der Waals surface area contributed by atoms with Crippen LogP contribution in [0.3, 0.4) is 0 Å². The molecule has 5 rings (SSSR count). The normalized spacial score (nSPS) is 30.1. The molecule has 184 valence electrons. The standard InChI is InChI=1S/C20H28N5O7PSi/c1-20(2,3)34(4,5)32-15-14-12(9-29-33(26,27)31-14)30-19(15)25-17(11-7-6-8-28-11)24-13-16(21)22-10-23-18(13)25/h6-8,10,12,14-15,19H,9H2,1-5H3,(H,26,27)(H2,21,22,23)/t12-,14-,15-,19-/m1/s1. The van der Waals surface area contributed by atoms with Gasteiger partial charge in [-0.2, -0.15) is 0 Å². The van der Waals surface area contributed by atoms with Crippen LogP contribution in [0.25, 0.3) is 22.7 Å². The van der Waals surface area contributed by atoms with Crippen molar-refractivity contribution < 1.29 is 32.1 Å². The minimum Gasteiger partial charge on any atom is -0.461 e. The maximum Gasteiger partial charge on any atom is 0.472 e. The second kappa shape index (κ2) is 7.95. The Morgan fingerprint density at radius 1 is 1.32 bits per heavy atom. The van der Waals surface area contributed by atoms with Crippen molar-refractivity contribution in [1.82, 2.24) is 19.5 Å². The molecule has 3 aromatic rings. The molecule has 34 heavy (non-hydrogen) atoms. The first-order valence-electron chi connectivity index (χ1n) is 10.9. The average Bonchev–Trinajstić information content (AvgIpc) is 3.44. The Balaban J connectivity index is 1.68. The maximum atomic E-state index is 12.3. The third-order valence-electron chi connectivity index (χ3n) is 6.68. The molecule has 12 nitrogen and oxygen atoms in total. The van der Waals surface area contributed by atoms with E-state index in [0.717, 1.165) is 0 Å². The van der Waals surface area contributed by atoms with Gasteiger partial charge in [-0.15, -0.1) is 0 Å². The highest BCUT2D eigenvalue weighted by atomic mass is 31.2. The first-order chi connectivity index (χ1) is 15.9. The number of hydrogen-bond donors (Lipinski definition) is 2. The molecule has 0 amide bonds. The fourth-order valence-corrected chi connectivity index (χ4v) is 6.16. The molecule has 0 aliphatic carbocycles. The van der Waals surface area contributed by atoms with Gasteiger partial charge in [-0.3, -0.25) is 13.6 Å². The van der Waals surface area contributed by atoms with Crippen LogP contribution < -0.4 is 5.73 Å². The van der Waals surface area contributed by atoms with Crippen LogP contribution in [0.4, 0.5) is 5.82 Å². The van der Waals surface area contributed by atoms with Gasteiger partial charge in [0.25, 0.3) is 0 Å². The van der Waals surface area contributed by atoms with Crippen LogP contribution in [0, 0.1) is 0 Å². The predicted molar refractivity (Wildman–Crippen MR) is 124 cm³/mol. The van der Waals surface area contributed by atoms with Crippen LogP contribution in [0.2, 0.25) is 18.1 Å². The van der Waals surface area contributed by atoms with Gasteiger partial charge in [0.15, 0.2) is 43.1 Å². The SMILES string of the molecule is CC(C)(C)[Si](C)(C)O[C@@H]1[C@@H]2OP(=O)(O)OC[C@H]2O[C@H]1n1c(-c2ccco2)nc2c(N)ncnc21. The van der Waals surface area contributed by atoms with E-state index >= 15 is 0 Å². The maximum absolute atomic E-state index is 12.3. The Kier molecular flexibility index (Phi) is 5.52. The number of fused-ring (bicyclic) bond motifs is 2. The van der Waals surface area contributed by atoms with E-state index in [1.54, 1.807) is 16.7 Å². The van der Waals surface area contributed by atoms with Gasteiger partial charge in [0.1, 0.15) is 24.6 Å². The first kappa shape index (κ1) is 23.6. The van der Waals surface area contributed by atoms with Crippen molar-refractivity contribution in [1.29, 1.82) is 0 Å². The number of hydrogen-bond acceptors (Lipinski definition) is 10. The Morgan fingerprint density at radius 2 is 2.09 bits per heavy atom. The summed E-state index contributed by atoms with van der Waals surface area (Å²) in [7, 11) is -6.65. The quantitative estimate of drug-likeness (QED) is 0.392. The van der Waals surface area contributed by atoms with Gasteiger partial charge in [-0.05, 0) is 30.3 Å². The zero-order valence-corrected chi connectivity index (χ0v) is 21.4. The molecule has 3 aromatic heterocycles. The molecular formula is C20H28N5O7PSi. The molecule has 1 unspecified atom stereocenters. The molecule has 2 aliphatic rings. The molecule has 0 aromatic carbocycles. The fourth-order valence-electron chi connectivity index (χ4n) is 3.92. The highest BCUT2D eigenvalue weighted by Gasteiger charge is 2.56. The summed E-state index contributed by atoms with van der Waals surface area (Å²) < 4.78 is 43.3. The van der Waals surface area contributed by atoms with Gasteiger partial charge >= 0.3 is 7.82 Å². The van der Waals surface area contributed by atoms with E-state index in [2.05, 4.69) is 48.8 Å². The number of furan rings is 1.